The van der Waals surface area contributed by atoms with Crippen LogP contribution in [0.2, 0.25) is 5.02 Å². The molecule has 114 valence electrons. The molecule has 21 heavy (non-hydrogen) atoms. The van der Waals surface area contributed by atoms with Crippen molar-refractivity contribution in [1.82, 2.24) is 4.90 Å². The average molecular weight is 310 g/mol. The van der Waals surface area contributed by atoms with Gasteiger partial charge in [0.15, 0.2) is 0 Å². The topological polar surface area (TPSA) is 64.9 Å². The zero-order chi connectivity index (χ0) is 15.2. The molecular formula is C15H20ClN3O2. The number of hydrogen-bond acceptors (Lipinski definition) is 4. The van der Waals surface area contributed by atoms with E-state index in [4.69, 9.17) is 16.7 Å². The first-order valence-electron chi connectivity index (χ1n) is 7.16. The number of piperidine rings is 1. The third kappa shape index (κ3) is 4.44. The molecule has 1 aromatic carbocycles. The molecule has 0 aromatic heterocycles. The standard InChI is InChI=1S/C15H20ClN3O2/c1-2-7-19-8-5-11(6-9-19)17-18-12-3-4-14(16)13(10-12)15(20)21/h3-4,10,18H,2,5-9H2,1H3,(H,20,21). The number of carboxylic acids is 1. The van der Waals surface area contributed by atoms with Crippen LogP contribution in [0, 0.1) is 0 Å². The summed E-state index contributed by atoms with van der Waals surface area (Å²) in [7, 11) is 0. The van der Waals surface area contributed by atoms with Gasteiger partial charge in [0.05, 0.1) is 16.3 Å². The highest BCUT2D eigenvalue weighted by atomic mass is 35.5. The minimum atomic E-state index is -1.04. The molecule has 6 heteroatoms. The summed E-state index contributed by atoms with van der Waals surface area (Å²) in [6, 6.07) is 4.80. The number of carbonyl (C=O) groups is 1. The van der Waals surface area contributed by atoms with Crippen molar-refractivity contribution in [3.63, 3.8) is 0 Å². The fourth-order valence-corrected chi connectivity index (χ4v) is 2.56. The summed E-state index contributed by atoms with van der Waals surface area (Å²) in [5, 5.41) is 13.6. The lowest BCUT2D eigenvalue weighted by atomic mass is 10.1. The fourth-order valence-electron chi connectivity index (χ4n) is 2.37. The van der Waals surface area contributed by atoms with E-state index >= 15 is 0 Å². The van der Waals surface area contributed by atoms with Crippen LogP contribution in [0.4, 0.5) is 5.69 Å². The second-order valence-corrected chi connectivity index (χ2v) is 5.54. The molecule has 2 rings (SSSR count). The Balaban J connectivity index is 1.95. The lowest BCUT2D eigenvalue weighted by Crippen LogP contribution is -2.34. The quantitative estimate of drug-likeness (QED) is 0.819. The number of hydrogen-bond donors (Lipinski definition) is 2. The smallest absolute Gasteiger partial charge is 0.337 e. The van der Waals surface area contributed by atoms with Crippen LogP contribution in [0.3, 0.4) is 0 Å². The van der Waals surface area contributed by atoms with Crippen LogP contribution >= 0.6 is 11.6 Å². The number of hydrazone groups is 1. The first kappa shape index (κ1) is 15.8. The predicted octanol–water partition coefficient (Wildman–Crippen LogP) is 3.31. The number of aromatic carboxylic acids is 1. The molecule has 0 radical (unpaired) electrons. The SMILES string of the molecule is CCCN1CCC(=NNc2ccc(Cl)c(C(=O)O)c2)CC1. The van der Waals surface area contributed by atoms with E-state index in [1.165, 1.54) is 12.5 Å². The van der Waals surface area contributed by atoms with Crippen LogP contribution in [0.25, 0.3) is 0 Å². The molecule has 1 fully saturated rings. The average Bonchev–Trinajstić information content (AvgIpc) is 2.48. The molecule has 0 saturated carbocycles. The molecule has 1 heterocycles. The van der Waals surface area contributed by atoms with Crippen LogP contribution in [0.5, 0.6) is 0 Å². The molecule has 1 aliphatic rings. The highest BCUT2D eigenvalue weighted by Gasteiger charge is 2.14. The Morgan fingerprint density at radius 1 is 1.43 bits per heavy atom. The van der Waals surface area contributed by atoms with Crippen molar-refractivity contribution in [2.24, 2.45) is 5.10 Å². The maximum absolute atomic E-state index is 11.0. The van der Waals surface area contributed by atoms with Gasteiger partial charge in [-0.25, -0.2) is 4.79 Å². The van der Waals surface area contributed by atoms with Gasteiger partial charge in [-0.15, -0.1) is 0 Å². The largest absolute Gasteiger partial charge is 0.478 e. The lowest BCUT2D eigenvalue weighted by Gasteiger charge is -2.26. The summed E-state index contributed by atoms with van der Waals surface area (Å²) in [5.74, 6) is -1.04. The number of likely N-dealkylation sites (tertiary alicyclic amines) is 1. The Hall–Kier alpha value is -1.59. The van der Waals surface area contributed by atoms with E-state index in [0.29, 0.717) is 5.69 Å². The minimum absolute atomic E-state index is 0.0830. The number of anilines is 1. The Kier molecular flexibility index (Phi) is 5.59. The van der Waals surface area contributed by atoms with Crippen molar-refractivity contribution in [1.29, 1.82) is 0 Å². The molecule has 1 aromatic rings. The number of benzene rings is 1. The Morgan fingerprint density at radius 2 is 2.14 bits per heavy atom. The summed E-state index contributed by atoms with van der Waals surface area (Å²) in [5.41, 5.74) is 4.77. The van der Waals surface area contributed by atoms with E-state index in [0.717, 1.165) is 38.2 Å². The molecule has 0 atom stereocenters. The van der Waals surface area contributed by atoms with Crippen LogP contribution in [0.1, 0.15) is 36.5 Å². The maximum Gasteiger partial charge on any atom is 0.337 e. The van der Waals surface area contributed by atoms with Gasteiger partial charge < -0.3 is 10.0 Å². The van der Waals surface area contributed by atoms with Crippen molar-refractivity contribution >= 4 is 29.0 Å². The maximum atomic E-state index is 11.0. The number of halogens is 1. The second-order valence-electron chi connectivity index (χ2n) is 5.13. The Morgan fingerprint density at radius 3 is 2.76 bits per heavy atom. The minimum Gasteiger partial charge on any atom is -0.478 e. The van der Waals surface area contributed by atoms with Gasteiger partial charge in [0.1, 0.15) is 0 Å². The van der Waals surface area contributed by atoms with Gasteiger partial charge in [-0.1, -0.05) is 18.5 Å². The normalized spacial score (nSPS) is 15.8. The van der Waals surface area contributed by atoms with E-state index < -0.39 is 5.97 Å². The van der Waals surface area contributed by atoms with Crippen molar-refractivity contribution in [2.45, 2.75) is 26.2 Å². The molecule has 2 N–H and O–H groups in total. The molecule has 0 spiro atoms. The lowest BCUT2D eigenvalue weighted by molar-refractivity contribution is 0.0697. The van der Waals surface area contributed by atoms with E-state index in [9.17, 15) is 4.79 Å². The van der Waals surface area contributed by atoms with Gasteiger partial charge in [-0.2, -0.15) is 5.10 Å². The first-order valence-corrected chi connectivity index (χ1v) is 7.54. The van der Waals surface area contributed by atoms with Gasteiger partial charge in [0.25, 0.3) is 0 Å². The monoisotopic (exact) mass is 309 g/mol. The van der Waals surface area contributed by atoms with Crippen LogP contribution in [-0.2, 0) is 0 Å². The third-order valence-corrected chi connectivity index (χ3v) is 3.84. The summed E-state index contributed by atoms with van der Waals surface area (Å²) >= 11 is 5.84. The highest BCUT2D eigenvalue weighted by molar-refractivity contribution is 6.33. The molecule has 5 nitrogen and oxygen atoms in total. The summed E-state index contributed by atoms with van der Waals surface area (Å²) in [4.78, 5) is 13.5. The number of nitrogens with one attached hydrogen (secondary N) is 1. The molecule has 0 aliphatic carbocycles. The van der Waals surface area contributed by atoms with E-state index in [2.05, 4.69) is 22.4 Å². The number of rotatable bonds is 5. The molecule has 1 saturated heterocycles. The zero-order valence-electron chi connectivity index (χ0n) is 12.1. The number of nitrogens with zero attached hydrogens (tertiary/aromatic N) is 2. The van der Waals surface area contributed by atoms with E-state index in [-0.39, 0.29) is 10.6 Å². The predicted molar refractivity (Wildman–Crippen MR) is 85.4 cm³/mol. The van der Waals surface area contributed by atoms with Crippen molar-refractivity contribution in [3.05, 3.63) is 28.8 Å². The molecule has 0 unspecified atom stereocenters. The fraction of sp³-hybridized carbons (Fsp3) is 0.467. The highest BCUT2D eigenvalue weighted by Crippen LogP contribution is 2.21. The van der Waals surface area contributed by atoms with Gasteiger partial charge in [0.2, 0.25) is 0 Å². The van der Waals surface area contributed by atoms with Gasteiger partial charge in [-0.05, 0) is 31.2 Å². The van der Waals surface area contributed by atoms with E-state index in [1.807, 2.05) is 0 Å². The van der Waals surface area contributed by atoms with Crippen molar-refractivity contribution in [2.75, 3.05) is 25.1 Å². The van der Waals surface area contributed by atoms with Gasteiger partial charge in [0, 0.05) is 31.6 Å². The Bertz CT molecular complexity index is 536. The summed E-state index contributed by atoms with van der Waals surface area (Å²) in [6.07, 6.45) is 3.08. The summed E-state index contributed by atoms with van der Waals surface area (Å²) in [6.45, 7) is 5.40. The van der Waals surface area contributed by atoms with Crippen molar-refractivity contribution < 1.29 is 9.90 Å². The zero-order valence-corrected chi connectivity index (χ0v) is 12.9. The molecule has 0 amide bonds. The van der Waals surface area contributed by atoms with Crippen LogP contribution < -0.4 is 5.43 Å². The first-order chi connectivity index (χ1) is 10.1. The van der Waals surface area contributed by atoms with E-state index in [1.54, 1.807) is 12.1 Å². The third-order valence-electron chi connectivity index (χ3n) is 3.51. The molecule has 0 bridgehead atoms. The Labute approximate surface area is 129 Å². The van der Waals surface area contributed by atoms with Crippen molar-refractivity contribution in [3.8, 4) is 0 Å². The molecule has 1 aliphatic heterocycles. The summed E-state index contributed by atoms with van der Waals surface area (Å²) < 4.78 is 0. The van der Waals surface area contributed by atoms with Crippen LogP contribution in [0.15, 0.2) is 23.3 Å². The van der Waals surface area contributed by atoms with Gasteiger partial charge in [-0.3, -0.25) is 5.43 Å². The van der Waals surface area contributed by atoms with Crippen LogP contribution in [-0.4, -0.2) is 41.3 Å². The second kappa shape index (κ2) is 7.43. The van der Waals surface area contributed by atoms with Gasteiger partial charge >= 0.3 is 5.97 Å². The molecular weight excluding hydrogens is 290 g/mol. The number of carboxylic acid groups (broad SMARTS) is 1.